The van der Waals surface area contributed by atoms with Crippen molar-refractivity contribution in [3.63, 3.8) is 0 Å². The van der Waals surface area contributed by atoms with Gasteiger partial charge in [-0.05, 0) is 45.2 Å². The Labute approximate surface area is 110 Å². The molecule has 0 aromatic rings. The molecule has 0 aromatic carbocycles. The van der Waals surface area contributed by atoms with Gasteiger partial charge in [0.1, 0.15) is 0 Å². The first-order valence-electron chi connectivity index (χ1n) is 6.86. The lowest BCUT2D eigenvalue weighted by Crippen LogP contribution is -2.43. The number of rotatable bonds is 5. The Kier molecular flexibility index (Phi) is 5.00. The monoisotopic (exact) mass is 276 g/mol. The fourth-order valence-corrected chi connectivity index (χ4v) is 4.51. The summed E-state index contributed by atoms with van der Waals surface area (Å²) in [6.07, 6.45) is 3.72. The first kappa shape index (κ1) is 14.2. The van der Waals surface area contributed by atoms with Crippen molar-refractivity contribution in [2.24, 2.45) is 5.92 Å². The van der Waals surface area contributed by atoms with Gasteiger partial charge < -0.3 is 10.1 Å². The number of nitrogens with zero attached hydrogens (tertiary/aromatic N) is 1. The summed E-state index contributed by atoms with van der Waals surface area (Å²) in [5, 5.41) is 3.16. The maximum atomic E-state index is 12.2. The van der Waals surface area contributed by atoms with E-state index in [1.807, 2.05) is 7.05 Å². The highest BCUT2D eigenvalue weighted by Gasteiger charge is 2.31. The maximum absolute atomic E-state index is 12.2. The Morgan fingerprint density at radius 1 is 1.28 bits per heavy atom. The Morgan fingerprint density at radius 2 is 2.00 bits per heavy atom. The van der Waals surface area contributed by atoms with Crippen LogP contribution < -0.4 is 5.32 Å². The van der Waals surface area contributed by atoms with E-state index in [4.69, 9.17) is 4.74 Å². The van der Waals surface area contributed by atoms with E-state index >= 15 is 0 Å². The molecule has 0 aliphatic carbocycles. The molecule has 0 saturated carbocycles. The molecule has 5 nitrogen and oxygen atoms in total. The SMILES string of the molecule is CNCC1CCN(S(=O)(=O)CC2CCCO2)CC1. The van der Waals surface area contributed by atoms with E-state index in [0.717, 1.165) is 32.2 Å². The third kappa shape index (κ3) is 3.66. The van der Waals surface area contributed by atoms with Crippen molar-refractivity contribution in [3.8, 4) is 0 Å². The normalized spacial score (nSPS) is 27.7. The van der Waals surface area contributed by atoms with Gasteiger partial charge in [-0.1, -0.05) is 0 Å². The fraction of sp³-hybridized carbons (Fsp3) is 1.00. The third-order valence-corrected chi connectivity index (χ3v) is 5.83. The van der Waals surface area contributed by atoms with Gasteiger partial charge in [0.15, 0.2) is 0 Å². The fourth-order valence-electron chi connectivity index (χ4n) is 2.80. The number of sulfonamides is 1. The van der Waals surface area contributed by atoms with Gasteiger partial charge >= 0.3 is 0 Å². The molecule has 18 heavy (non-hydrogen) atoms. The quantitative estimate of drug-likeness (QED) is 0.791. The van der Waals surface area contributed by atoms with E-state index in [9.17, 15) is 8.42 Å². The van der Waals surface area contributed by atoms with Crippen LogP contribution in [0.1, 0.15) is 25.7 Å². The predicted molar refractivity (Wildman–Crippen MR) is 71.0 cm³/mol. The number of piperidine rings is 1. The highest BCUT2D eigenvalue weighted by Crippen LogP contribution is 2.21. The molecular weight excluding hydrogens is 252 g/mol. The van der Waals surface area contributed by atoms with E-state index in [-0.39, 0.29) is 11.9 Å². The second kappa shape index (κ2) is 6.32. The molecule has 1 N–H and O–H groups in total. The highest BCUT2D eigenvalue weighted by molar-refractivity contribution is 7.89. The largest absolute Gasteiger partial charge is 0.377 e. The van der Waals surface area contributed by atoms with E-state index in [0.29, 0.717) is 25.6 Å². The number of hydrogen-bond donors (Lipinski definition) is 1. The van der Waals surface area contributed by atoms with Crippen molar-refractivity contribution in [2.75, 3.05) is 39.0 Å². The Morgan fingerprint density at radius 3 is 2.56 bits per heavy atom. The molecule has 2 saturated heterocycles. The minimum Gasteiger partial charge on any atom is -0.377 e. The molecule has 1 unspecified atom stereocenters. The summed E-state index contributed by atoms with van der Waals surface area (Å²) in [6.45, 7) is 3.03. The van der Waals surface area contributed by atoms with Crippen LogP contribution in [0.15, 0.2) is 0 Å². The minimum atomic E-state index is -3.12. The van der Waals surface area contributed by atoms with E-state index < -0.39 is 10.0 Å². The minimum absolute atomic E-state index is 0.0787. The van der Waals surface area contributed by atoms with Gasteiger partial charge in [-0.25, -0.2) is 12.7 Å². The average Bonchev–Trinajstić information content (AvgIpc) is 2.82. The molecule has 0 spiro atoms. The molecule has 2 fully saturated rings. The first-order valence-corrected chi connectivity index (χ1v) is 8.47. The van der Waals surface area contributed by atoms with Gasteiger partial charge in [-0.15, -0.1) is 0 Å². The van der Waals surface area contributed by atoms with Crippen LogP contribution in [0.3, 0.4) is 0 Å². The van der Waals surface area contributed by atoms with Crippen LogP contribution in [-0.4, -0.2) is 57.9 Å². The second-order valence-corrected chi connectivity index (χ2v) is 7.33. The van der Waals surface area contributed by atoms with Crippen LogP contribution in [0.2, 0.25) is 0 Å². The molecule has 6 heteroatoms. The van der Waals surface area contributed by atoms with Crippen molar-refractivity contribution in [2.45, 2.75) is 31.8 Å². The molecular formula is C12H24N2O3S. The predicted octanol–water partition coefficient (Wildman–Crippen LogP) is 0.427. The van der Waals surface area contributed by atoms with Crippen LogP contribution in [0, 0.1) is 5.92 Å². The van der Waals surface area contributed by atoms with Crippen molar-refractivity contribution in [3.05, 3.63) is 0 Å². The summed E-state index contributed by atoms with van der Waals surface area (Å²) in [7, 11) is -1.17. The van der Waals surface area contributed by atoms with Crippen molar-refractivity contribution in [1.29, 1.82) is 0 Å². The van der Waals surface area contributed by atoms with Crippen LogP contribution in [0.5, 0.6) is 0 Å². The number of nitrogens with one attached hydrogen (secondary N) is 1. The lowest BCUT2D eigenvalue weighted by molar-refractivity contribution is 0.126. The first-order chi connectivity index (χ1) is 8.62. The zero-order valence-corrected chi connectivity index (χ0v) is 11.9. The Bertz CT molecular complexity index is 344. The Balaban J connectivity index is 1.83. The smallest absolute Gasteiger partial charge is 0.216 e. The summed E-state index contributed by atoms with van der Waals surface area (Å²) < 4.78 is 31.5. The van der Waals surface area contributed by atoms with Crippen LogP contribution >= 0.6 is 0 Å². The molecule has 2 aliphatic heterocycles. The van der Waals surface area contributed by atoms with Gasteiger partial charge in [-0.2, -0.15) is 0 Å². The van der Waals surface area contributed by atoms with Gasteiger partial charge in [0.25, 0.3) is 0 Å². The van der Waals surface area contributed by atoms with Gasteiger partial charge in [0, 0.05) is 19.7 Å². The second-order valence-electron chi connectivity index (χ2n) is 5.31. The lowest BCUT2D eigenvalue weighted by Gasteiger charge is -2.31. The van der Waals surface area contributed by atoms with Gasteiger partial charge in [-0.3, -0.25) is 0 Å². The van der Waals surface area contributed by atoms with Crippen molar-refractivity contribution >= 4 is 10.0 Å². The Hall–Kier alpha value is -0.170. The molecule has 0 aromatic heterocycles. The molecule has 0 radical (unpaired) electrons. The summed E-state index contributed by atoms with van der Waals surface area (Å²) in [6, 6.07) is 0. The zero-order chi connectivity index (χ0) is 13.0. The summed E-state index contributed by atoms with van der Waals surface area (Å²) >= 11 is 0. The number of ether oxygens (including phenoxy) is 1. The van der Waals surface area contributed by atoms with E-state index in [2.05, 4.69) is 5.32 Å². The summed E-state index contributed by atoms with van der Waals surface area (Å²) in [5.74, 6) is 0.785. The van der Waals surface area contributed by atoms with Crippen molar-refractivity contribution in [1.82, 2.24) is 9.62 Å². The van der Waals surface area contributed by atoms with Gasteiger partial charge in [0.05, 0.1) is 11.9 Å². The third-order valence-electron chi connectivity index (χ3n) is 3.88. The molecule has 0 amide bonds. The standard InChI is InChI=1S/C12H24N2O3S/c1-13-9-11-4-6-14(7-5-11)18(15,16)10-12-3-2-8-17-12/h11-13H,2-10H2,1H3. The van der Waals surface area contributed by atoms with Crippen LogP contribution in [-0.2, 0) is 14.8 Å². The van der Waals surface area contributed by atoms with Crippen molar-refractivity contribution < 1.29 is 13.2 Å². The molecule has 2 rings (SSSR count). The van der Waals surface area contributed by atoms with E-state index in [1.54, 1.807) is 4.31 Å². The summed E-state index contributed by atoms with van der Waals surface area (Å²) in [4.78, 5) is 0. The van der Waals surface area contributed by atoms with Crippen LogP contribution in [0.25, 0.3) is 0 Å². The molecule has 0 bridgehead atoms. The highest BCUT2D eigenvalue weighted by atomic mass is 32.2. The summed E-state index contributed by atoms with van der Waals surface area (Å²) in [5.41, 5.74) is 0. The lowest BCUT2D eigenvalue weighted by atomic mass is 9.98. The molecule has 106 valence electrons. The molecule has 2 heterocycles. The maximum Gasteiger partial charge on any atom is 0.216 e. The zero-order valence-electron chi connectivity index (χ0n) is 11.1. The average molecular weight is 276 g/mol. The van der Waals surface area contributed by atoms with Crippen LogP contribution in [0.4, 0.5) is 0 Å². The number of hydrogen-bond acceptors (Lipinski definition) is 4. The molecule has 2 aliphatic rings. The molecule has 1 atom stereocenters. The topological polar surface area (TPSA) is 58.6 Å². The van der Waals surface area contributed by atoms with Gasteiger partial charge in [0.2, 0.25) is 10.0 Å². The van der Waals surface area contributed by atoms with E-state index in [1.165, 1.54) is 0 Å².